The molecule has 31 heavy (non-hydrogen) atoms. The van der Waals surface area contributed by atoms with Gasteiger partial charge in [0.15, 0.2) is 11.3 Å². The SMILES string of the molecule is CC1CCCCC1(C#Cc1cnc(C(=O)NCC(=O)O)c(O)c1)Oc1ccc(Cl)cc1. The van der Waals surface area contributed by atoms with Crippen molar-refractivity contribution in [1.29, 1.82) is 0 Å². The second-order valence-corrected chi connectivity index (χ2v) is 7.95. The van der Waals surface area contributed by atoms with Crippen molar-refractivity contribution in [3.8, 4) is 23.3 Å². The maximum atomic E-state index is 11.9. The number of carboxylic acids is 1. The molecule has 1 aromatic carbocycles. The molecule has 7 nitrogen and oxygen atoms in total. The number of benzene rings is 1. The predicted molar refractivity (Wildman–Crippen MR) is 115 cm³/mol. The molecule has 0 saturated heterocycles. The van der Waals surface area contributed by atoms with Crippen LogP contribution >= 0.6 is 11.6 Å². The molecule has 2 atom stereocenters. The zero-order valence-electron chi connectivity index (χ0n) is 17.0. The number of carboxylic acid groups (broad SMARTS) is 1. The zero-order chi connectivity index (χ0) is 22.4. The van der Waals surface area contributed by atoms with Gasteiger partial charge < -0.3 is 20.3 Å². The van der Waals surface area contributed by atoms with Crippen LogP contribution in [-0.4, -0.2) is 39.2 Å². The Morgan fingerprint density at radius 2 is 2.06 bits per heavy atom. The van der Waals surface area contributed by atoms with E-state index in [4.69, 9.17) is 21.4 Å². The molecule has 3 N–H and O–H groups in total. The lowest BCUT2D eigenvalue weighted by Crippen LogP contribution is -2.43. The van der Waals surface area contributed by atoms with Crippen LogP contribution in [0.4, 0.5) is 0 Å². The fourth-order valence-corrected chi connectivity index (χ4v) is 3.63. The summed E-state index contributed by atoms with van der Waals surface area (Å²) in [6.45, 7) is 1.54. The molecular weight excluding hydrogens is 420 g/mol. The smallest absolute Gasteiger partial charge is 0.322 e. The Kier molecular flexibility index (Phi) is 7.03. The lowest BCUT2D eigenvalue weighted by molar-refractivity contribution is -0.135. The Morgan fingerprint density at radius 3 is 2.71 bits per heavy atom. The quantitative estimate of drug-likeness (QED) is 0.610. The van der Waals surface area contributed by atoms with Crippen LogP contribution in [0.25, 0.3) is 0 Å². The second kappa shape index (κ2) is 9.71. The minimum atomic E-state index is -1.19. The molecular formula is C23H23ClN2O5. The average Bonchev–Trinajstić information content (AvgIpc) is 2.74. The van der Waals surface area contributed by atoms with Gasteiger partial charge >= 0.3 is 5.97 Å². The highest BCUT2D eigenvalue weighted by Crippen LogP contribution is 2.37. The van der Waals surface area contributed by atoms with Crippen molar-refractivity contribution in [3.63, 3.8) is 0 Å². The standard InChI is InChI=1S/C23H23ClN2O5/c1-15-4-2-3-10-23(15,31-18-7-5-17(24)6-8-18)11-9-16-12-19(27)21(25-13-16)22(30)26-14-20(28)29/h5-8,12-13,15,27H,2-4,10,14H2,1H3,(H,26,30)(H,28,29). The van der Waals surface area contributed by atoms with Crippen molar-refractivity contribution in [2.24, 2.45) is 5.92 Å². The van der Waals surface area contributed by atoms with Crippen LogP contribution in [0.3, 0.4) is 0 Å². The maximum absolute atomic E-state index is 11.9. The van der Waals surface area contributed by atoms with Crippen LogP contribution < -0.4 is 10.1 Å². The van der Waals surface area contributed by atoms with Gasteiger partial charge in [-0.1, -0.05) is 30.9 Å². The lowest BCUT2D eigenvalue weighted by atomic mass is 9.76. The van der Waals surface area contributed by atoms with E-state index in [9.17, 15) is 14.7 Å². The fraction of sp³-hybridized carbons (Fsp3) is 0.348. The van der Waals surface area contributed by atoms with Crippen molar-refractivity contribution in [2.45, 2.75) is 38.2 Å². The number of ether oxygens (including phenoxy) is 1. The summed E-state index contributed by atoms with van der Waals surface area (Å²) in [5, 5.41) is 21.6. The summed E-state index contributed by atoms with van der Waals surface area (Å²) in [6, 6.07) is 8.48. The third-order valence-electron chi connectivity index (χ3n) is 5.25. The molecule has 1 saturated carbocycles. The van der Waals surface area contributed by atoms with Crippen LogP contribution in [-0.2, 0) is 4.79 Å². The number of aromatic hydroxyl groups is 1. The largest absolute Gasteiger partial charge is 0.505 e. The van der Waals surface area contributed by atoms with Crippen molar-refractivity contribution < 1.29 is 24.5 Å². The Balaban J connectivity index is 1.85. The minimum absolute atomic E-state index is 0.187. The van der Waals surface area contributed by atoms with Gasteiger partial charge in [0.2, 0.25) is 0 Å². The number of aliphatic carboxylic acids is 1. The van der Waals surface area contributed by atoms with Crippen LogP contribution in [0.15, 0.2) is 36.5 Å². The summed E-state index contributed by atoms with van der Waals surface area (Å²) in [7, 11) is 0. The summed E-state index contributed by atoms with van der Waals surface area (Å²) in [4.78, 5) is 26.5. The number of halogens is 1. The molecule has 3 rings (SSSR count). The molecule has 1 heterocycles. The molecule has 2 aromatic rings. The lowest BCUT2D eigenvalue weighted by Gasteiger charge is -2.38. The first-order valence-corrected chi connectivity index (χ1v) is 10.3. The van der Waals surface area contributed by atoms with E-state index >= 15 is 0 Å². The van der Waals surface area contributed by atoms with Crippen LogP contribution in [0.1, 0.15) is 48.7 Å². The van der Waals surface area contributed by atoms with Crippen molar-refractivity contribution >= 4 is 23.5 Å². The normalized spacial score (nSPS) is 20.3. The molecule has 1 aromatic heterocycles. The van der Waals surface area contributed by atoms with Gasteiger partial charge in [0, 0.05) is 22.7 Å². The van der Waals surface area contributed by atoms with E-state index in [-0.39, 0.29) is 17.4 Å². The van der Waals surface area contributed by atoms with E-state index in [1.54, 1.807) is 12.1 Å². The van der Waals surface area contributed by atoms with Crippen molar-refractivity contribution in [3.05, 3.63) is 52.8 Å². The van der Waals surface area contributed by atoms with Gasteiger partial charge in [-0.2, -0.15) is 0 Å². The maximum Gasteiger partial charge on any atom is 0.322 e. The van der Waals surface area contributed by atoms with Crippen molar-refractivity contribution in [2.75, 3.05) is 6.54 Å². The summed E-state index contributed by atoms with van der Waals surface area (Å²) in [5.74, 6) is 4.79. The van der Waals surface area contributed by atoms with E-state index in [2.05, 4.69) is 29.1 Å². The second-order valence-electron chi connectivity index (χ2n) is 7.51. The molecule has 2 unspecified atom stereocenters. The summed E-state index contributed by atoms with van der Waals surface area (Å²) >= 11 is 5.97. The van der Waals surface area contributed by atoms with Crippen LogP contribution in [0, 0.1) is 17.8 Å². The Bertz CT molecular complexity index is 1030. The number of pyridine rings is 1. The summed E-state index contributed by atoms with van der Waals surface area (Å²) < 4.78 is 6.34. The van der Waals surface area contributed by atoms with E-state index in [1.807, 2.05) is 12.1 Å². The molecule has 1 aliphatic carbocycles. The van der Waals surface area contributed by atoms with Gasteiger partial charge in [-0.25, -0.2) is 4.98 Å². The first kappa shape index (κ1) is 22.4. The Labute approximate surface area is 185 Å². The number of carbonyl (C=O) groups excluding carboxylic acids is 1. The average molecular weight is 443 g/mol. The van der Waals surface area contributed by atoms with E-state index in [0.29, 0.717) is 16.3 Å². The predicted octanol–water partition coefficient (Wildman–Crippen LogP) is 3.63. The molecule has 0 radical (unpaired) electrons. The van der Waals surface area contributed by atoms with Crippen LogP contribution in [0.5, 0.6) is 11.5 Å². The molecule has 0 bridgehead atoms. The van der Waals surface area contributed by atoms with Crippen LogP contribution in [0.2, 0.25) is 5.02 Å². The minimum Gasteiger partial charge on any atom is -0.505 e. The number of hydrogen-bond acceptors (Lipinski definition) is 5. The molecule has 1 aliphatic rings. The molecule has 162 valence electrons. The topological polar surface area (TPSA) is 109 Å². The highest BCUT2D eigenvalue weighted by Gasteiger charge is 2.39. The van der Waals surface area contributed by atoms with Gasteiger partial charge in [-0.3, -0.25) is 9.59 Å². The van der Waals surface area contributed by atoms with Gasteiger partial charge in [0.1, 0.15) is 18.0 Å². The number of amides is 1. The monoisotopic (exact) mass is 442 g/mol. The molecule has 1 amide bonds. The summed E-state index contributed by atoms with van der Waals surface area (Å²) in [5.41, 5.74) is -0.534. The van der Waals surface area contributed by atoms with Gasteiger partial charge in [-0.05, 0) is 55.5 Å². The number of rotatable bonds is 5. The number of nitrogens with one attached hydrogen (secondary N) is 1. The molecule has 0 spiro atoms. The van der Waals surface area contributed by atoms with E-state index in [0.717, 1.165) is 25.7 Å². The number of aromatic nitrogens is 1. The molecule has 8 heteroatoms. The summed E-state index contributed by atoms with van der Waals surface area (Å²) in [6.07, 6.45) is 5.20. The highest BCUT2D eigenvalue weighted by molar-refractivity contribution is 6.30. The zero-order valence-corrected chi connectivity index (χ0v) is 17.8. The number of nitrogens with zero attached hydrogens (tertiary/aromatic N) is 1. The van der Waals surface area contributed by atoms with Gasteiger partial charge in [0.25, 0.3) is 5.91 Å². The van der Waals surface area contributed by atoms with Crippen molar-refractivity contribution in [1.82, 2.24) is 10.3 Å². The van der Waals surface area contributed by atoms with E-state index < -0.39 is 24.0 Å². The third kappa shape index (κ3) is 5.68. The van der Waals surface area contributed by atoms with Gasteiger partial charge in [-0.15, -0.1) is 0 Å². The Morgan fingerprint density at radius 1 is 1.32 bits per heavy atom. The first-order chi connectivity index (χ1) is 14.8. The fourth-order valence-electron chi connectivity index (χ4n) is 3.51. The molecule has 1 fully saturated rings. The van der Waals surface area contributed by atoms with Gasteiger partial charge in [0.05, 0.1) is 0 Å². The number of carbonyl (C=O) groups is 2. The molecule has 0 aliphatic heterocycles. The third-order valence-corrected chi connectivity index (χ3v) is 5.50. The highest BCUT2D eigenvalue weighted by atomic mass is 35.5. The Hall–Kier alpha value is -3.24. The number of hydrogen-bond donors (Lipinski definition) is 3. The van der Waals surface area contributed by atoms with E-state index in [1.165, 1.54) is 12.3 Å². The first-order valence-electron chi connectivity index (χ1n) is 9.96.